The average molecular weight is 505 g/mol. The molecule has 10 N–H and O–H groups in total. The van der Waals surface area contributed by atoms with Gasteiger partial charge >= 0.3 is 5.97 Å². The fourth-order valence-corrected chi connectivity index (χ4v) is 3.28. The number of nitrogens with one attached hydrogen (secondary N) is 3. The smallest absolute Gasteiger partial charge is 0.326 e. The van der Waals surface area contributed by atoms with Gasteiger partial charge in [-0.3, -0.25) is 24.0 Å². The molecule has 0 aliphatic heterocycles. The molecule has 0 rings (SSSR count). The van der Waals surface area contributed by atoms with Crippen LogP contribution in [0.4, 0.5) is 0 Å². The van der Waals surface area contributed by atoms with Crippen molar-refractivity contribution >= 4 is 47.3 Å². The summed E-state index contributed by atoms with van der Waals surface area (Å²) in [6.07, 6.45) is 1.49. The predicted molar refractivity (Wildman–Crippen MR) is 126 cm³/mol. The van der Waals surface area contributed by atoms with E-state index >= 15 is 0 Å². The van der Waals surface area contributed by atoms with Gasteiger partial charge in [-0.2, -0.15) is 11.8 Å². The second-order valence-electron chi connectivity index (χ2n) is 8.09. The van der Waals surface area contributed by atoms with E-state index in [0.29, 0.717) is 5.75 Å². The van der Waals surface area contributed by atoms with Gasteiger partial charge in [0, 0.05) is 12.8 Å². The van der Waals surface area contributed by atoms with Gasteiger partial charge in [-0.05, 0) is 37.2 Å². The monoisotopic (exact) mass is 504 g/mol. The van der Waals surface area contributed by atoms with Crippen LogP contribution < -0.4 is 33.2 Å². The van der Waals surface area contributed by atoms with Gasteiger partial charge in [-0.1, -0.05) is 13.8 Å². The van der Waals surface area contributed by atoms with Gasteiger partial charge < -0.3 is 38.3 Å². The molecule has 0 aliphatic rings. The molecular formula is C20H36N6O7S. The van der Waals surface area contributed by atoms with E-state index in [1.807, 2.05) is 0 Å². The number of carbonyl (C=O) groups is 6. The van der Waals surface area contributed by atoms with Crippen molar-refractivity contribution in [2.45, 2.75) is 70.1 Å². The standard InChI is InChI=1S/C20H36N6O7S/c1-10(2)16(20(32)33)26-19(31)12(5-7-15(23)28)25-18(30)13(8-9-34-3)24-17(29)11(21)4-6-14(22)27/h10-13,16H,4-9,21H2,1-3H3,(H2,22,27)(H2,23,28)(H,24,29)(H,25,30)(H,26,31)(H,32,33). The lowest BCUT2D eigenvalue weighted by Gasteiger charge is -2.26. The lowest BCUT2D eigenvalue weighted by molar-refractivity contribution is -0.143. The number of carbonyl (C=O) groups excluding carboxylic acids is 5. The molecule has 0 fully saturated rings. The van der Waals surface area contributed by atoms with E-state index in [0.717, 1.165) is 0 Å². The molecule has 0 aromatic carbocycles. The molecule has 0 aromatic rings. The van der Waals surface area contributed by atoms with E-state index in [9.17, 15) is 33.9 Å². The molecule has 0 heterocycles. The van der Waals surface area contributed by atoms with E-state index in [1.165, 1.54) is 11.8 Å². The molecular weight excluding hydrogens is 468 g/mol. The molecule has 0 radical (unpaired) electrons. The van der Waals surface area contributed by atoms with Crippen LogP contribution in [0.1, 0.15) is 46.0 Å². The van der Waals surface area contributed by atoms with E-state index in [1.54, 1.807) is 20.1 Å². The van der Waals surface area contributed by atoms with Gasteiger partial charge in [0.2, 0.25) is 29.5 Å². The molecule has 0 aromatic heterocycles. The number of primary amides is 2. The minimum absolute atomic E-state index is 0.00649. The Morgan fingerprint density at radius 3 is 1.74 bits per heavy atom. The van der Waals surface area contributed by atoms with Crippen LogP contribution in [-0.4, -0.2) is 76.8 Å². The van der Waals surface area contributed by atoms with Gasteiger partial charge in [0.05, 0.1) is 6.04 Å². The normalized spacial score (nSPS) is 14.4. The zero-order valence-corrected chi connectivity index (χ0v) is 20.5. The van der Waals surface area contributed by atoms with Gasteiger partial charge in [0.25, 0.3) is 0 Å². The number of nitrogens with two attached hydrogens (primary N) is 3. The topological polar surface area (TPSA) is 237 Å². The Labute approximate surface area is 202 Å². The molecule has 0 saturated heterocycles. The lowest BCUT2D eigenvalue weighted by atomic mass is 10.0. The fraction of sp³-hybridized carbons (Fsp3) is 0.700. The Hall–Kier alpha value is -2.87. The molecule has 34 heavy (non-hydrogen) atoms. The summed E-state index contributed by atoms with van der Waals surface area (Å²) >= 11 is 1.42. The Morgan fingerprint density at radius 2 is 1.26 bits per heavy atom. The molecule has 0 bridgehead atoms. The number of amides is 5. The van der Waals surface area contributed by atoms with Crippen molar-refractivity contribution in [3.63, 3.8) is 0 Å². The highest BCUT2D eigenvalue weighted by Crippen LogP contribution is 2.07. The number of hydrogen-bond acceptors (Lipinski definition) is 8. The first kappa shape index (κ1) is 31.1. The third kappa shape index (κ3) is 12.4. The first-order valence-corrected chi connectivity index (χ1v) is 12.1. The Balaban J connectivity index is 5.49. The summed E-state index contributed by atoms with van der Waals surface area (Å²) in [6.45, 7) is 3.21. The van der Waals surface area contributed by atoms with Crippen molar-refractivity contribution in [2.75, 3.05) is 12.0 Å². The largest absolute Gasteiger partial charge is 0.480 e. The van der Waals surface area contributed by atoms with Gasteiger partial charge in [-0.25, -0.2) is 4.79 Å². The second-order valence-corrected chi connectivity index (χ2v) is 9.07. The minimum Gasteiger partial charge on any atom is -0.480 e. The predicted octanol–water partition coefficient (Wildman–Crippen LogP) is -2.21. The summed E-state index contributed by atoms with van der Waals surface area (Å²) < 4.78 is 0. The van der Waals surface area contributed by atoms with E-state index in [2.05, 4.69) is 16.0 Å². The number of aliphatic carboxylic acids is 1. The third-order valence-corrected chi connectivity index (χ3v) is 5.47. The molecule has 0 aliphatic carbocycles. The van der Waals surface area contributed by atoms with Crippen molar-refractivity contribution in [1.29, 1.82) is 0 Å². The van der Waals surface area contributed by atoms with Crippen LogP contribution in [0.25, 0.3) is 0 Å². The molecule has 194 valence electrons. The molecule has 5 amide bonds. The first-order valence-electron chi connectivity index (χ1n) is 10.7. The number of carboxylic acid groups (broad SMARTS) is 1. The van der Waals surface area contributed by atoms with Crippen LogP contribution in [0.15, 0.2) is 0 Å². The Bertz CT molecular complexity index is 749. The van der Waals surface area contributed by atoms with Crippen molar-refractivity contribution in [3.8, 4) is 0 Å². The SMILES string of the molecule is CSCCC(NC(=O)C(N)CCC(N)=O)C(=O)NC(CCC(N)=O)C(=O)NC(C(=O)O)C(C)C. The summed E-state index contributed by atoms with van der Waals surface area (Å²) in [6, 6.07) is -4.62. The van der Waals surface area contributed by atoms with Crippen molar-refractivity contribution < 1.29 is 33.9 Å². The van der Waals surface area contributed by atoms with Gasteiger partial charge in [-0.15, -0.1) is 0 Å². The van der Waals surface area contributed by atoms with E-state index in [4.69, 9.17) is 17.2 Å². The van der Waals surface area contributed by atoms with Crippen LogP contribution in [0.3, 0.4) is 0 Å². The lowest BCUT2D eigenvalue weighted by Crippen LogP contribution is -2.57. The number of hydrogen-bond donors (Lipinski definition) is 7. The quantitative estimate of drug-likeness (QED) is 0.113. The summed E-state index contributed by atoms with van der Waals surface area (Å²) in [4.78, 5) is 71.6. The number of rotatable bonds is 17. The highest BCUT2D eigenvalue weighted by molar-refractivity contribution is 7.98. The third-order valence-electron chi connectivity index (χ3n) is 4.83. The molecule has 14 heteroatoms. The van der Waals surface area contributed by atoms with Crippen molar-refractivity contribution in [2.24, 2.45) is 23.1 Å². The van der Waals surface area contributed by atoms with Crippen LogP contribution in [0.5, 0.6) is 0 Å². The number of carboxylic acids is 1. The van der Waals surface area contributed by atoms with Crippen LogP contribution in [0, 0.1) is 5.92 Å². The number of thioether (sulfide) groups is 1. The van der Waals surface area contributed by atoms with Crippen LogP contribution >= 0.6 is 11.8 Å². The van der Waals surface area contributed by atoms with Crippen molar-refractivity contribution in [3.05, 3.63) is 0 Å². The molecule has 4 atom stereocenters. The summed E-state index contributed by atoms with van der Waals surface area (Å²) in [5.41, 5.74) is 16.0. The van der Waals surface area contributed by atoms with E-state index < -0.39 is 65.6 Å². The highest BCUT2D eigenvalue weighted by atomic mass is 32.2. The molecule has 4 unspecified atom stereocenters. The zero-order chi connectivity index (χ0) is 26.4. The maximum Gasteiger partial charge on any atom is 0.326 e. The van der Waals surface area contributed by atoms with Crippen molar-refractivity contribution in [1.82, 2.24) is 16.0 Å². The zero-order valence-electron chi connectivity index (χ0n) is 19.7. The molecule has 0 saturated carbocycles. The minimum atomic E-state index is -1.27. The van der Waals surface area contributed by atoms with Crippen LogP contribution in [0.2, 0.25) is 0 Å². The fourth-order valence-electron chi connectivity index (χ4n) is 2.81. The second kappa shape index (κ2) is 15.9. The average Bonchev–Trinajstić information content (AvgIpc) is 2.74. The van der Waals surface area contributed by atoms with E-state index in [-0.39, 0.29) is 32.1 Å². The maximum absolute atomic E-state index is 12.9. The molecule has 13 nitrogen and oxygen atoms in total. The Morgan fingerprint density at radius 1 is 0.794 bits per heavy atom. The van der Waals surface area contributed by atoms with Crippen LogP contribution in [-0.2, 0) is 28.8 Å². The molecule has 0 spiro atoms. The summed E-state index contributed by atoms with van der Waals surface area (Å²) in [5.74, 6) is -4.73. The summed E-state index contributed by atoms with van der Waals surface area (Å²) in [7, 11) is 0. The highest BCUT2D eigenvalue weighted by Gasteiger charge is 2.31. The van der Waals surface area contributed by atoms with Gasteiger partial charge in [0.1, 0.15) is 18.1 Å². The Kier molecular flexibility index (Phi) is 14.5. The van der Waals surface area contributed by atoms with Gasteiger partial charge in [0.15, 0.2) is 0 Å². The summed E-state index contributed by atoms with van der Waals surface area (Å²) in [5, 5.41) is 16.6. The maximum atomic E-state index is 12.9. The first-order chi connectivity index (χ1) is 15.8.